The van der Waals surface area contributed by atoms with E-state index in [0.29, 0.717) is 0 Å². The maximum absolute atomic E-state index is 12.9. The van der Waals surface area contributed by atoms with Crippen molar-refractivity contribution in [2.45, 2.75) is 33.4 Å². The third kappa shape index (κ3) is 15.5. The number of nitrogens with zero attached hydrogens (tertiary/aromatic N) is 10. The van der Waals surface area contributed by atoms with E-state index in [2.05, 4.69) is 90.4 Å². The fourth-order valence-corrected chi connectivity index (χ4v) is 10.5. The first kappa shape index (κ1) is 66.1. The van der Waals surface area contributed by atoms with Gasteiger partial charge in [-0.1, -0.05) is 10.1 Å². The van der Waals surface area contributed by atoms with E-state index < -0.39 is 117 Å². The molecule has 9 rings (SSSR count). The summed E-state index contributed by atoms with van der Waals surface area (Å²) in [5.74, 6) is -10.8. The summed E-state index contributed by atoms with van der Waals surface area (Å²) in [5, 5.41) is 124. The summed E-state index contributed by atoms with van der Waals surface area (Å²) >= 11 is 0.400. The maximum Gasteiger partial charge on any atom is 0.337 e. The van der Waals surface area contributed by atoms with E-state index in [1.165, 1.54) is 26.0 Å². The number of aryl methyl sites for hydroxylation is 2. The second kappa shape index (κ2) is 27.0. The zero-order valence-corrected chi connectivity index (χ0v) is 49.3. The first-order valence-electron chi connectivity index (χ1n) is 24.9. The number of phenolic OH excluding ortho intramolecular Hbond substituents is 2. The molecule has 2 aromatic heterocycles. The number of nitrogens with one attached hydrogen (secondary N) is 4. The van der Waals surface area contributed by atoms with Crippen molar-refractivity contribution in [3.63, 3.8) is 0 Å². The first-order valence-corrected chi connectivity index (χ1v) is 29.2. The van der Waals surface area contributed by atoms with Crippen LogP contribution in [0, 0.1) is 13.8 Å². The number of benzene rings is 7. The highest BCUT2D eigenvalue weighted by atomic mass is 32.2. The van der Waals surface area contributed by atoms with Crippen LogP contribution in [0.1, 0.15) is 63.4 Å². The zero-order valence-electron chi connectivity index (χ0n) is 46.0. The molecule has 9 aromatic rings. The number of fused-ring (bicyclic) bond motifs is 2. The number of hydrogen-bond donors (Lipinski definition) is 15. The number of carboxylic acid groups (broad SMARTS) is 5. The smallest absolute Gasteiger partial charge is 0.337 e. The molecule has 2 heterocycles. The lowest BCUT2D eigenvalue weighted by atomic mass is 10.1. The molecule has 0 saturated carbocycles. The fourth-order valence-electron chi connectivity index (χ4n) is 8.47. The van der Waals surface area contributed by atoms with E-state index >= 15 is 0 Å². The van der Waals surface area contributed by atoms with Crippen LogP contribution in [0.5, 0.6) is 11.5 Å². The predicted molar refractivity (Wildman–Crippen MR) is 317 cm³/mol. The van der Waals surface area contributed by atoms with E-state index in [9.17, 15) is 85.7 Å². The second-order valence-corrected chi connectivity index (χ2v) is 22.8. The van der Waals surface area contributed by atoms with Crippen molar-refractivity contribution in [3.8, 4) is 11.5 Å². The number of aromatic nitrogens is 6. The SMILES string of the molecule is Cc1nc(Nc2ccc(Nc3nc(C)nc(Nc4cc(S(=O)(=O)O)cc5cc(SOOO)c(N=Nc6cc(C(=O)O)cc(C(=O)O)c6)c(O)c45)n3)c(C(=O)O)c2)nc(Nc2cc(S(=O)(=O)O)cc3cc(SOOO)c(N=Nc4cc(C(=O)O)cc(C(=O)O)c4)c(O)c23)n1. The van der Waals surface area contributed by atoms with Crippen LogP contribution >= 0.6 is 24.1 Å². The molecule has 0 radical (unpaired) electrons. The Labute approximate surface area is 524 Å². The molecule has 0 bridgehead atoms. The van der Waals surface area contributed by atoms with Gasteiger partial charge in [-0.05, 0) is 116 Å². The third-order valence-corrected chi connectivity index (χ3v) is 15.1. The Hall–Kier alpha value is -11.3. The molecule has 93 heavy (non-hydrogen) atoms. The molecule has 0 saturated heterocycles. The van der Waals surface area contributed by atoms with Crippen LogP contribution in [0.4, 0.5) is 69.3 Å². The van der Waals surface area contributed by atoms with Gasteiger partial charge in [0.2, 0.25) is 23.8 Å². The Morgan fingerprint density at radius 1 is 0.452 bits per heavy atom. The molecule has 15 N–H and O–H groups in total. The lowest BCUT2D eigenvalue weighted by molar-refractivity contribution is -0.432. The second-order valence-electron chi connectivity index (χ2n) is 18.5. The molecule has 478 valence electrons. The fraction of sp³-hybridized carbons (Fsp3) is 0.0392. The highest BCUT2D eigenvalue weighted by Gasteiger charge is 2.26. The number of aromatic hydroxyl groups is 2. The average molecular weight is 1360 g/mol. The molecule has 0 aliphatic heterocycles. The van der Waals surface area contributed by atoms with Gasteiger partial charge in [0.05, 0.1) is 99.9 Å². The molecule has 0 atom stereocenters. The molecule has 0 aliphatic rings. The molecule has 42 heteroatoms. The summed E-state index contributed by atoms with van der Waals surface area (Å²) in [5.41, 5.74) is -5.01. The van der Waals surface area contributed by atoms with Crippen LogP contribution in [0.3, 0.4) is 0 Å². The van der Waals surface area contributed by atoms with Crippen molar-refractivity contribution < 1.29 is 115 Å². The van der Waals surface area contributed by atoms with Gasteiger partial charge in [-0.2, -0.15) is 57.0 Å². The summed E-state index contributed by atoms with van der Waals surface area (Å²) < 4.78 is 79.9. The van der Waals surface area contributed by atoms with Crippen molar-refractivity contribution in [2.75, 3.05) is 21.3 Å². The Morgan fingerprint density at radius 2 is 0.817 bits per heavy atom. The quantitative estimate of drug-likeness (QED) is 0.00831. The predicted octanol–water partition coefficient (Wildman–Crippen LogP) is 10.0. The Bertz CT molecular complexity index is 4870. The van der Waals surface area contributed by atoms with E-state index in [1.807, 2.05) is 0 Å². The van der Waals surface area contributed by atoms with Crippen molar-refractivity contribution >= 4 is 165 Å². The average Bonchev–Trinajstić information content (AvgIpc) is 0.765. The summed E-state index contributed by atoms with van der Waals surface area (Å²) in [6.45, 7) is 2.77. The Kier molecular flexibility index (Phi) is 19.2. The highest BCUT2D eigenvalue weighted by molar-refractivity contribution is 7.95. The molecule has 0 spiro atoms. The van der Waals surface area contributed by atoms with Crippen molar-refractivity contribution in [3.05, 3.63) is 130 Å². The van der Waals surface area contributed by atoms with Gasteiger partial charge in [-0.25, -0.2) is 34.5 Å². The number of rotatable bonds is 25. The highest BCUT2D eigenvalue weighted by Crippen LogP contribution is 2.49. The molecular weight excluding hydrogens is 1320 g/mol. The largest absolute Gasteiger partial charge is 0.505 e. The lowest BCUT2D eigenvalue weighted by Crippen LogP contribution is -2.10. The van der Waals surface area contributed by atoms with Crippen LogP contribution in [0.25, 0.3) is 21.5 Å². The number of carboxylic acids is 5. The van der Waals surface area contributed by atoms with Crippen molar-refractivity contribution in [1.82, 2.24) is 29.9 Å². The molecule has 0 amide bonds. The standard InChI is InChI=1S/C51H36N14O24S4/c1-18-52-48(60-50(54-18)58-33-16-29(92(80,81)82)11-20-13-35(90-88-86-78)39(41(66)37(20)33)64-62-27-7-22(43(68)69)5-23(8-27)44(70)71)56-26-3-4-32(31(15-26)47(76)77)57-49-53-19(2)55-51(61-49)59-34-17-30(93(83,84)85)12-21-14-36(91-89-87-79)40(42(67)38(21)34)65-63-28-9-24(45(72)73)6-25(10-28)46(74)75/h3-17,66-67,78-79H,1-2H3,(H,68,69)(H,70,71)(H,72,73)(H,74,75)(H,76,77)(H,80,81,82)(H,83,84,85)(H2,52,54,56,58,60)(H2,53,55,57,59,61). The van der Waals surface area contributed by atoms with Gasteiger partial charge in [0.15, 0.2) is 11.5 Å². The van der Waals surface area contributed by atoms with Crippen LogP contribution in [-0.4, -0.2) is 132 Å². The summed E-state index contributed by atoms with van der Waals surface area (Å²) in [7, 11) is -10.1. The molecular formula is C51H36N14O24S4. The topological polar surface area (TPSA) is 588 Å². The van der Waals surface area contributed by atoms with Crippen LogP contribution in [0.2, 0.25) is 0 Å². The van der Waals surface area contributed by atoms with Crippen molar-refractivity contribution in [1.29, 1.82) is 0 Å². The van der Waals surface area contributed by atoms with E-state index in [1.54, 1.807) is 0 Å². The number of aromatic carboxylic acids is 5. The summed E-state index contributed by atoms with van der Waals surface area (Å²) in [4.78, 5) is 83.4. The minimum absolute atomic E-state index is 0.0127. The molecule has 0 fully saturated rings. The van der Waals surface area contributed by atoms with Gasteiger partial charge in [0.25, 0.3) is 20.2 Å². The molecule has 0 aliphatic carbocycles. The first-order chi connectivity index (χ1) is 44.0. The number of anilines is 8. The number of carbonyl (C=O) groups is 5. The third-order valence-electron chi connectivity index (χ3n) is 12.2. The monoisotopic (exact) mass is 1360 g/mol. The number of azo groups is 2. The van der Waals surface area contributed by atoms with Gasteiger partial charge < -0.3 is 57.0 Å². The van der Waals surface area contributed by atoms with Gasteiger partial charge in [0.1, 0.15) is 23.0 Å². The molecule has 0 unspecified atom stereocenters. The number of hydrogen-bond acceptors (Lipinski definition) is 33. The Balaban J connectivity index is 1.04. The van der Waals surface area contributed by atoms with Gasteiger partial charge in [0, 0.05) is 16.5 Å². The Morgan fingerprint density at radius 3 is 1.16 bits per heavy atom. The van der Waals surface area contributed by atoms with E-state index in [-0.39, 0.29) is 119 Å². The minimum Gasteiger partial charge on any atom is -0.505 e. The van der Waals surface area contributed by atoms with E-state index in [4.69, 9.17) is 10.5 Å². The van der Waals surface area contributed by atoms with Gasteiger partial charge in [-0.3, -0.25) is 9.11 Å². The van der Waals surface area contributed by atoms with Crippen LogP contribution in [-0.2, 0) is 39.0 Å². The zero-order chi connectivity index (χ0) is 67.4. The van der Waals surface area contributed by atoms with Crippen molar-refractivity contribution in [2.24, 2.45) is 20.5 Å². The summed E-state index contributed by atoms with van der Waals surface area (Å²) in [6, 6.07) is 15.0. The normalized spacial score (nSPS) is 11.8. The number of phenols is 2. The van der Waals surface area contributed by atoms with Crippen LogP contribution in [0.15, 0.2) is 131 Å². The summed E-state index contributed by atoms with van der Waals surface area (Å²) in [6.07, 6.45) is 0. The van der Waals surface area contributed by atoms with Crippen LogP contribution < -0.4 is 21.3 Å². The van der Waals surface area contributed by atoms with Gasteiger partial charge >= 0.3 is 29.8 Å². The minimum atomic E-state index is -5.05. The lowest BCUT2D eigenvalue weighted by Gasteiger charge is -2.16. The van der Waals surface area contributed by atoms with E-state index in [0.717, 1.165) is 78.9 Å². The maximum atomic E-state index is 12.9. The van der Waals surface area contributed by atoms with Gasteiger partial charge in [-0.15, -0.1) is 18.9 Å². The molecule has 38 nitrogen and oxygen atoms in total. The molecule has 7 aromatic carbocycles.